The molecule has 3 aliphatic rings. The van der Waals surface area contributed by atoms with E-state index in [2.05, 4.69) is 10.2 Å². The van der Waals surface area contributed by atoms with Crippen LogP contribution in [0.1, 0.15) is 59.2 Å². The molecule has 1 N–H and O–H groups in total. The number of hydrogen-bond donors (Lipinski definition) is 1. The van der Waals surface area contributed by atoms with Gasteiger partial charge in [-0.15, -0.1) is 0 Å². The summed E-state index contributed by atoms with van der Waals surface area (Å²) >= 11 is 0. The molecule has 2 saturated heterocycles. The van der Waals surface area contributed by atoms with E-state index in [0.29, 0.717) is 43.0 Å². The molecular weight excluding hydrogens is 459 g/mol. The Morgan fingerprint density at radius 2 is 1.44 bits per heavy atom. The molecular formula is C28H33FN4O3. The summed E-state index contributed by atoms with van der Waals surface area (Å²) in [5.41, 5.74) is 2.26. The molecule has 2 heterocycles. The minimum Gasteiger partial charge on any atom is -0.367 e. The van der Waals surface area contributed by atoms with Crippen LogP contribution >= 0.6 is 0 Å². The van der Waals surface area contributed by atoms with Crippen LogP contribution in [0.3, 0.4) is 0 Å². The van der Waals surface area contributed by atoms with Crippen LogP contribution in [0.25, 0.3) is 0 Å². The second-order valence-corrected chi connectivity index (χ2v) is 9.99. The van der Waals surface area contributed by atoms with Crippen LogP contribution in [0, 0.1) is 11.7 Å². The molecule has 7 nitrogen and oxygen atoms in total. The minimum atomic E-state index is -0.403. The van der Waals surface area contributed by atoms with Crippen LogP contribution in [-0.4, -0.2) is 66.8 Å². The lowest BCUT2D eigenvalue weighted by atomic mass is 10.1. The van der Waals surface area contributed by atoms with Gasteiger partial charge in [-0.1, -0.05) is 12.8 Å². The number of nitrogens with one attached hydrogen (secondary N) is 1. The number of halogens is 1. The first kappa shape index (κ1) is 24.3. The Bertz CT molecular complexity index is 1120. The first-order valence-electron chi connectivity index (χ1n) is 13.0. The number of hydrogen-bond acceptors (Lipinski definition) is 4. The average Bonchev–Trinajstić information content (AvgIpc) is 3.63. The second-order valence-electron chi connectivity index (χ2n) is 9.99. The van der Waals surface area contributed by atoms with E-state index in [1.54, 1.807) is 12.1 Å². The van der Waals surface area contributed by atoms with Crippen molar-refractivity contribution in [3.05, 3.63) is 59.4 Å². The number of carbonyl (C=O) groups is 3. The van der Waals surface area contributed by atoms with Gasteiger partial charge in [0, 0.05) is 62.1 Å². The predicted octanol–water partition coefficient (Wildman–Crippen LogP) is 4.15. The number of anilines is 2. The van der Waals surface area contributed by atoms with Crippen molar-refractivity contribution in [1.29, 1.82) is 0 Å². The summed E-state index contributed by atoms with van der Waals surface area (Å²) in [5, 5.41) is 2.84. The van der Waals surface area contributed by atoms with Gasteiger partial charge in [-0.25, -0.2) is 4.39 Å². The van der Waals surface area contributed by atoms with Crippen molar-refractivity contribution < 1.29 is 18.8 Å². The summed E-state index contributed by atoms with van der Waals surface area (Å²) in [5.74, 6) is -0.349. The number of carbonyl (C=O) groups excluding carboxylic acids is 3. The van der Waals surface area contributed by atoms with Crippen molar-refractivity contribution in [3.8, 4) is 0 Å². The number of rotatable bonds is 5. The zero-order valence-corrected chi connectivity index (χ0v) is 20.5. The van der Waals surface area contributed by atoms with Crippen molar-refractivity contribution in [2.24, 2.45) is 5.92 Å². The van der Waals surface area contributed by atoms with Gasteiger partial charge in [0.05, 0.1) is 5.56 Å². The van der Waals surface area contributed by atoms with E-state index in [-0.39, 0.29) is 23.6 Å². The summed E-state index contributed by atoms with van der Waals surface area (Å²) in [7, 11) is 0. The van der Waals surface area contributed by atoms with Gasteiger partial charge in [0.25, 0.3) is 11.8 Å². The Morgan fingerprint density at radius 1 is 0.778 bits per heavy atom. The smallest absolute Gasteiger partial charge is 0.256 e. The minimum absolute atomic E-state index is 0.0372. The highest BCUT2D eigenvalue weighted by Crippen LogP contribution is 2.30. The molecule has 5 rings (SSSR count). The number of amides is 3. The van der Waals surface area contributed by atoms with Crippen molar-refractivity contribution in [3.63, 3.8) is 0 Å². The molecule has 36 heavy (non-hydrogen) atoms. The third-order valence-electron chi connectivity index (χ3n) is 7.62. The summed E-state index contributed by atoms with van der Waals surface area (Å²) in [6, 6.07) is 10.8. The molecule has 0 unspecified atom stereocenters. The van der Waals surface area contributed by atoms with Gasteiger partial charge in [-0.3, -0.25) is 14.4 Å². The highest BCUT2D eigenvalue weighted by molar-refractivity contribution is 6.06. The van der Waals surface area contributed by atoms with Crippen LogP contribution in [0.5, 0.6) is 0 Å². The summed E-state index contributed by atoms with van der Waals surface area (Å²) in [6.07, 6.45) is 6.26. The first-order valence-corrected chi connectivity index (χ1v) is 13.0. The highest BCUT2D eigenvalue weighted by atomic mass is 19.1. The molecule has 1 saturated carbocycles. The highest BCUT2D eigenvalue weighted by Gasteiger charge is 2.31. The molecule has 0 bridgehead atoms. The topological polar surface area (TPSA) is 73.0 Å². The van der Waals surface area contributed by atoms with E-state index in [0.717, 1.165) is 57.3 Å². The molecule has 2 aliphatic heterocycles. The van der Waals surface area contributed by atoms with Gasteiger partial charge >= 0.3 is 0 Å². The van der Waals surface area contributed by atoms with Gasteiger partial charge < -0.3 is 20.0 Å². The third kappa shape index (κ3) is 5.22. The molecule has 2 aromatic rings. The number of nitrogens with zero attached hydrogens (tertiary/aromatic N) is 3. The lowest BCUT2D eigenvalue weighted by Crippen LogP contribution is -2.50. The van der Waals surface area contributed by atoms with Gasteiger partial charge in [0.15, 0.2) is 0 Å². The molecule has 3 fully saturated rings. The molecule has 8 heteroatoms. The quantitative estimate of drug-likeness (QED) is 0.681. The Morgan fingerprint density at radius 3 is 2.11 bits per heavy atom. The lowest BCUT2D eigenvalue weighted by molar-refractivity contribution is -0.135. The average molecular weight is 493 g/mol. The number of likely N-dealkylation sites (tertiary alicyclic amines) is 1. The summed E-state index contributed by atoms with van der Waals surface area (Å²) in [6.45, 7) is 4.09. The maximum Gasteiger partial charge on any atom is 0.256 e. The summed E-state index contributed by atoms with van der Waals surface area (Å²) < 4.78 is 13.2. The standard InChI is InChI=1S/C28H33FN4O3/c29-22-9-7-20(8-10-22)26(34)30-23-11-12-25(24(19-23)28(36)32-13-3-4-14-32)31-15-17-33(18-16-31)27(35)21-5-1-2-6-21/h7-12,19,21H,1-6,13-18H2,(H,30,34). The maximum atomic E-state index is 13.5. The molecule has 0 spiro atoms. The number of benzene rings is 2. The normalized spacial score (nSPS) is 18.5. The second kappa shape index (κ2) is 10.7. The molecule has 2 aromatic carbocycles. The van der Waals surface area contributed by atoms with Crippen LogP contribution < -0.4 is 10.2 Å². The Balaban J connectivity index is 1.34. The Hall–Kier alpha value is -3.42. The molecule has 0 aromatic heterocycles. The fourth-order valence-electron chi connectivity index (χ4n) is 5.55. The Labute approximate surface area is 211 Å². The zero-order valence-electron chi connectivity index (χ0n) is 20.5. The lowest BCUT2D eigenvalue weighted by Gasteiger charge is -2.38. The first-order chi connectivity index (χ1) is 17.5. The fourth-order valence-corrected chi connectivity index (χ4v) is 5.55. The Kier molecular flexibility index (Phi) is 7.20. The van der Waals surface area contributed by atoms with E-state index in [4.69, 9.17) is 0 Å². The van der Waals surface area contributed by atoms with Crippen molar-refractivity contribution in [2.45, 2.75) is 38.5 Å². The van der Waals surface area contributed by atoms with Crippen LogP contribution in [0.4, 0.5) is 15.8 Å². The molecule has 0 radical (unpaired) electrons. The van der Waals surface area contributed by atoms with E-state index in [1.807, 2.05) is 15.9 Å². The largest absolute Gasteiger partial charge is 0.367 e. The van der Waals surface area contributed by atoms with Crippen molar-refractivity contribution in [2.75, 3.05) is 49.5 Å². The van der Waals surface area contributed by atoms with E-state index in [1.165, 1.54) is 24.3 Å². The van der Waals surface area contributed by atoms with Gasteiger partial charge in [0.2, 0.25) is 5.91 Å². The van der Waals surface area contributed by atoms with Crippen LogP contribution in [0.2, 0.25) is 0 Å². The SMILES string of the molecule is O=C(Nc1ccc(N2CCN(C(=O)C3CCCC3)CC2)c(C(=O)N2CCCC2)c1)c1ccc(F)cc1. The maximum absolute atomic E-state index is 13.5. The van der Waals surface area contributed by atoms with E-state index < -0.39 is 5.82 Å². The van der Waals surface area contributed by atoms with Gasteiger partial charge in [0.1, 0.15) is 5.82 Å². The van der Waals surface area contributed by atoms with Crippen LogP contribution in [0.15, 0.2) is 42.5 Å². The van der Waals surface area contributed by atoms with Gasteiger partial charge in [-0.2, -0.15) is 0 Å². The molecule has 0 atom stereocenters. The van der Waals surface area contributed by atoms with Crippen LogP contribution in [-0.2, 0) is 4.79 Å². The van der Waals surface area contributed by atoms with E-state index in [9.17, 15) is 18.8 Å². The van der Waals surface area contributed by atoms with E-state index >= 15 is 0 Å². The molecule has 1 aliphatic carbocycles. The molecule has 190 valence electrons. The van der Waals surface area contributed by atoms with Crippen molar-refractivity contribution in [1.82, 2.24) is 9.80 Å². The van der Waals surface area contributed by atoms with Gasteiger partial charge in [-0.05, 0) is 68.1 Å². The predicted molar refractivity (Wildman–Crippen MR) is 137 cm³/mol. The molecule has 3 amide bonds. The van der Waals surface area contributed by atoms with Crippen molar-refractivity contribution >= 4 is 29.1 Å². The summed E-state index contributed by atoms with van der Waals surface area (Å²) in [4.78, 5) is 45.0. The number of piperazine rings is 1. The third-order valence-corrected chi connectivity index (χ3v) is 7.62. The monoisotopic (exact) mass is 492 g/mol. The fraction of sp³-hybridized carbons (Fsp3) is 0.464. The zero-order chi connectivity index (χ0) is 25.1.